The van der Waals surface area contributed by atoms with E-state index in [1.54, 1.807) is 18.2 Å². The maximum Gasteiger partial charge on any atom is 0.154 e. The van der Waals surface area contributed by atoms with Crippen LogP contribution in [-0.4, -0.2) is 31.1 Å². The molecule has 1 aromatic rings. The van der Waals surface area contributed by atoms with Crippen molar-refractivity contribution in [3.05, 3.63) is 34.9 Å². The van der Waals surface area contributed by atoms with Crippen molar-refractivity contribution >= 4 is 12.6 Å². The monoisotopic (exact) mass is 222 g/mol. The van der Waals surface area contributed by atoms with Crippen molar-refractivity contribution in [1.29, 1.82) is 0 Å². The van der Waals surface area contributed by atoms with Gasteiger partial charge in [0.15, 0.2) is 18.9 Å². The Labute approximate surface area is 93.9 Å². The van der Waals surface area contributed by atoms with E-state index in [4.69, 9.17) is 4.74 Å². The highest BCUT2D eigenvalue weighted by atomic mass is 16.6. The number of ether oxygens (including phenoxy) is 1. The largest absolute Gasteiger partial charge is 0.368 e. The Morgan fingerprint density at radius 3 is 2.56 bits per heavy atom. The summed E-state index contributed by atoms with van der Waals surface area (Å²) in [6.45, 7) is 0. The Bertz CT molecular complexity index is 373. The van der Waals surface area contributed by atoms with E-state index >= 15 is 0 Å². The smallest absolute Gasteiger partial charge is 0.154 e. The molecule has 0 amide bonds. The van der Waals surface area contributed by atoms with Gasteiger partial charge in [-0.15, -0.1) is 0 Å². The molecule has 1 unspecified atom stereocenters. The molecular formula is C12H14O4. The summed E-state index contributed by atoms with van der Waals surface area (Å²) in [5.41, 5.74) is 1.65. The minimum Gasteiger partial charge on any atom is -0.368 e. The minimum absolute atomic E-state index is 0.374. The van der Waals surface area contributed by atoms with E-state index < -0.39 is 6.29 Å². The first-order valence-electron chi connectivity index (χ1n) is 4.95. The highest BCUT2D eigenvalue weighted by Crippen LogP contribution is 2.11. The van der Waals surface area contributed by atoms with Gasteiger partial charge in [-0.1, -0.05) is 12.1 Å². The number of carbonyl (C=O) groups is 2. The number of aryl methyl sites for hydroxylation is 1. The quantitative estimate of drug-likeness (QED) is 0.580. The van der Waals surface area contributed by atoms with Crippen molar-refractivity contribution in [1.82, 2.24) is 0 Å². The Morgan fingerprint density at radius 2 is 2.00 bits per heavy atom. The molecule has 0 saturated heterocycles. The van der Waals surface area contributed by atoms with E-state index in [2.05, 4.69) is 0 Å². The van der Waals surface area contributed by atoms with Crippen molar-refractivity contribution in [2.75, 3.05) is 7.11 Å². The molecule has 0 bridgehead atoms. The number of rotatable bonds is 6. The van der Waals surface area contributed by atoms with Crippen molar-refractivity contribution < 1.29 is 19.4 Å². The fourth-order valence-corrected chi connectivity index (χ4v) is 1.40. The fourth-order valence-electron chi connectivity index (χ4n) is 1.40. The normalized spacial score (nSPS) is 12.1. The number of aliphatic hydroxyl groups is 1. The van der Waals surface area contributed by atoms with Gasteiger partial charge in [-0.05, 0) is 18.1 Å². The van der Waals surface area contributed by atoms with E-state index in [0.29, 0.717) is 36.5 Å². The maximum absolute atomic E-state index is 10.7. The number of hydrogen-bond donors (Lipinski definition) is 1. The SMILES string of the molecule is COC(O)CCc1ccc(C=O)c(C=O)c1. The summed E-state index contributed by atoms with van der Waals surface area (Å²) in [5, 5.41) is 9.20. The second-order valence-corrected chi connectivity index (χ2v) is 3.43. The molecule has 4 nitrogen and oxygen atoms in total. The summed E-state index contributed by atoms with van der Waals surface area (Å²) >= 11 is 0. The van der Waals surface area contributed by atoms with Crippen molar-refractivity contribution in [2.45, 2.75) is 19.1 Å². The van der Waals surface area contributed by atoms with Crippen LogP contribution in [0.3, 0.4) is 0 Å². The molecule has 0 aliphatic carbocycles. The van der Waals surface area contributed by atoms with Gasteiger partial charge in [0.1, 0.15) is 0 Å². The number of benzene rings is 1. The molecule has 0 aliphatic rings. The predicted octanol–water partition coefficient (Wildman–Crippen LogP) is 1.21. The summed E-state index contributed by atoms with van der Waals surface area (Å²) in [6.07, 6.45) is 1.55. The zero-order chi connectivity index (χ0) is 12.0. The van der Waals surface area contributed by atoms with E-state index in [0.717, 1.165) is 5.56 Å². The number of aldehydes is 2. The van der Waals surface area contributed by atoms with Crippen molar-refractivity contribution in [3.63, 3.8) is 0 Å². The summed E-state index contributed by atoms with van der Waals surface area (Å²) in [7, 11) is 1.43. The molecule has 16 heavy (non-hydrogen) atoms. The third-order valence-corrected chi connectivity index (χ3v) is 2.36. The second-order valence-electron chi connectivity index (χ2n) is 3.43. The van der Waals surface area contributed by atoms with Gasteiger partial charge in [0, 0.05) is 24.7 Å². The highest BCUT2D eigenvalue weighted by Gasteiger charge is 2.05. The van der Waals surface area contributed by atoms with E-state index in [1.165, 1.54) is 7.11 Å². The van der Waals surface area contributed by atoms with Crippen LogP contribution in [0.5, 0.6) is 0 Å². The molecule has 1 rings (SSSR count). The van der Waals surface area contributed by atoms with E-state index in [-0.39, 0.29) is 0 Å². The molecule has 1 N–H and O–H groups in total. The summed E-state index contributed by atoms with van der Waals surface area (Å²) in [4.78, 5) is 21.3. The first-order valence-corrected chi connectivity index (χ1v) is 4.95. The number of aliphatic hydroxyl groups excluding tert-OH is 1. The summed E-state index contributed by atoms with van der Waals surface area (Å²) < 4.78 is 4.70. The van der Waals surface area contributed by atoms with Crippen LogP contribution in [0.1, 0.15) is 32.7 Å². The van der Waals surface area contributed by atoms with Gasteiger partial charge in [-0.2, -0.15) is 0 Å². The Hall–Kier alpha value is -1.52. The number of methoxy groups -OCH3 is 1. The van der Waals surface area contributed by atoms with Crippen LogP contribution >= 0.6 is 0 Å². The lowest BCUT2D eigenvalue weighted by atomic mass is 10.0. The summed E-state index contributed by atoms with van der Waals surface area (Å²) in [6, 6.07) is 5.02. The van der Waals surface area contributed by atoms with Gasteiger partial charge >= 0.3 is 0 Å². The standard InChI is InChI=1S/C12H14O4/c1-16-12(15)5-3-9-2-4-10(7-13)11(6-9)8-14/h2,4,6-8,12,15H,3,5H2,1H3. The lowest BCUT2D eigenvalue weighted by Crippen LogP contribution is -2.10. The van der Waals surface area contributed by atoms with Gasteiger partial charge < -0.3 is 9.84 Å². The van der Waals surface area contributed by atoms with Crippen molar-refractivity contribution in [3.8, 4) is 0 Å². The molecule has 1 atom stereocenters. The van der Waals surface area contributed by atoms with Crippen LogP contribution in [0.15, 0.2) is 18.2 Å². The van der Waals surface area contributed by atoms with Crippen LogP contribution in [0, 0.1) is 0 Å². The number of hydrogen-bond acceptors (Lipinski definition) is 4. The fraction of sp³-hybridized carbons (Fsp3) is 0.333. The van der Waals surface area contributed by atoms with Gasteiger partial charge in [-0.25, -0.2) is 0 Å². The molecule has 0 fully saturated rings. The average Bonchev–Trinajstić information content (AvgIpc) is 2.35. The molecule has 0 aliphatic heterocycles. The topological polar surface area (TPSA) is 63.6 Å². The third kappa shape index (κ3) is 3.25. The van der Waals surface area contributed by atoms with Crippen LogP contribution in [0.2, 0.25) is 0 Å². The molecule has 0 heterocycles. The molecular weight excluding hydrogens is 208 g/mol. The Balaban J connectivity index is 2.75. The Morgan fingerprint density at radius 1 is 1.31 bits per heavy atom. The van der Waals surface area contributed by atoms with Gasteiger partial charge in [0.25, 0.3) is 0 Å². The van der Waals surface area contributed by atoms with Crippen LogP contribution < -0.4 is 0 Å². The van der Waals surface area contributed by atoms with Gasteiger partial charge in [-0.3, -0.25) is 9.59 Å². The van der Waals surface area contributed by atoms with E-state index in [9.17, 15) is 14.7 Å². The van der Waals surface area contributed by atoms with Gasteiger partial charge in [0.2, 0.25) is 0 Å². The zero-order valence-corrected chi connectivity index (χ0v) is 9.05. The first-order chi connectivity index (χ1) is 7.71. The number of carbonyl (C=O) groups excluding carboxylic acids is 2. The van der Waals surface area contributed by atoms with Crippen LogP contribution in [0.4, 0.5) is 0 Å². The Kier molecular flexibility index (Phi) is 4.82. The van der Waals surface area contributed by atoms with Gasteiger partial charge in [0.05, 0.1) is 0 Å². The average molecular weight is 222 g/mol. The minimum atomic E-state index is -0.801. The summed E-state index contributed by atoms with van der Waals surface area (Å²) in [5.74, 6) is 0. The zero-order valence-electron chi connectivity index (χ0n) is 9.05. The molecule has 86 valence electrons. The molecule has 0 spiro atoms. The first kappa shape index (κ1) is 12.5. The molecule has 1 aromatic carbocycles. The lowest BCUT2D eigenvalue weighted by Gasteiger charge is -2.08. The molecule has 4 heteroatoms. The van der Waals surface area contributed by atoms with Crippen LogP contribution in [-0.2, 0) is 11.2 Å². The third-order valence-electron chi connectivity index (χ3n) is 2.36. The predicted molar refractivity (Wildman–Crippen MR) is 58.6 cm³/mol. The van der Waals surface area contributed by atoms with Crippen molar-refractivity contribution in [2.24, 2.45) is 0 Å². The second kappa shape index (κ2) is 6.15. The molecule has 0 radical (unpaired) electrons. The molecule has 0 saturated carbocycles. The maximum atomic E-state index is 10.7. The highest BCUT2D eigenvalue weighted by molar-refractivity contribution is 5.90. The van der Waals surface area contributed by atoms with E-state index in [1.807, 2.05) is 0 Å². The van der Waals surface area contributed by atoms with Crippen LogP contribution in [0.25, 0.3) is 0 Å². The molecule has 0 aromatic heterocycles. The lowest BCUT2D eigenvalue weighted by molar-refractivity contribution is -0.0777.